The summed E-state index contributed by atoms with van der Waals surface area (Å²) in [4.78, 5) is 2.39. The Balaban J connectivity index is 1.51. The second kappa shape index (κ2) is 6.87. The van der Waals surface area contributed by atoms with Gasteiger partial charge in [0.15, 0.2) is 0 Å². The third-order valence-corrected chi connectivity index (χ3v) is 3.97. The fraction of sp³-hybridized carbons (Fsp3) is 0.471. The summed E-state index contributed by atoms with van der Waals surface area (Å²) in [6.07, 6.45) is 5.01. The number of aromatic nitrogens is 2. The average molecular weight is 285 g/mol. The van der Waals surface area contributed by atoms with Crippen LogP contribution in [0, 0.1) is 5.92 Å². The van der Waals surface area contributed by atoms with Crippen molar-refractivity contribution in [3.8, 4) is 0 Å². The molecule has 2 aromatic rings. The highest BCUT2D eigenvalue weighted by Crippen LogP contribution is 2.15. The predicted octanol–water partition coefficient (Wildman–Crippen LogP) is 2.40. The Morgan fingerprint density at radius 3 is 2.76 bits per heavy atom. The zero-order valence-corrected chi connectivity index (χ0v) is 12.6. The van der Waals surface area contributed by atoms with Crippen molar-refractivity contribution in [1.82, 2.24) is 14.7 Å². The van der Waals surface area contributed by atoms with E-state index < -0.39 is 0 Å². The zero-order valence-electron chi connectivity index (χ0n) is 12.6. The number of benzene rings is 1. The summed E-state index contributed by atoms with van der Waals surface area (Å²) in [5.74, 6) is 0.703. The van der Waals surface area contributed by atoms with E-state index in [1.165, 1.54) is 17.5 Å². The lowest BCUT2D eigenvalue weighted by Gasteiger charge is -2.20. The van der Waals surface area contributed by atoms with Crippen LogP contribution in [0.5, 0.6) is 0 Å². The lowest BCUT2D eigenvalue weighted by Crippen LogP contribution is -2.25. The van der Waals surface area contributed by atoms with Gasteiger partial charge in [0.25, 0.3) is 0 Å². The maximum absolute atomic E-state index is 5.44. The van der Waals surface area contributed by atoms with Crippen LogP contribution in [-0.4, -0.2) is 41.5 Å². The standard InChI is InChI=1S/C17H23N3O/c1-19(12-17-7-10-21-14-17)11-15-3-5-16(6-4-15)13-20-9-2-8-18-20/h2-6,8-9,17H,7,10-14H2,1H3/t17-/m0/s1. The van der Waals surface area contributed by atoms with E-state index in [-0.39, 0.29) is 0 Å². The third-order valence-electron chi connectivity index (χ3n) is 3.97. The molecule has 0 unspecified atom stereocenters. The molecule has 1 saturated heterocycles. The zero-order chi connectivity index (χ0) is 14.5. The highest BCUT2D eigenvalue weighted by atomic mass is 16.5. The molecule has 0 aliphatic carbocycles. The smallest absolute Gasteiger partial charge is 0.0659 e. The molecule has 0 spiro atoms. The number of hydrogen-bond donors (Lipinski definition) is 0. The van der Waals surface area contributed by atoms with Gasteiger partial charge in [-0.3, -0.25) is 4.68 Å². The van der Waals surface area contributed by atoms with Crippen molar-refractivity contribution in [1.29, 1.82) is 0 Å². The number of rotatable bonds is 6. The van der Waals surface area contributed by atoms with Gasteiger partial charge in [0.1, 0.15) is 0 Å². The van der Waals surface area contributed by atoms with Crippen molar-refractivity contribution in [2.24, 2.45) is 5.92 Å². The van der Waals surface area contributed by atoms with Crippen LogP contribution in [0.15, 0.2) is 42.7 Å². The van der Waals surface area contributed by atoms with Crippen molar-refractivity contribution in [3.05, 3.63) is 53.9 Å². The first-order valence-electron chi connectivity index (χ1n) is 7.61. The van der Waals surface area contributed by atoms with Crippen molar-refractivity contribution in [2.45, 2.75) is 19.5 Å². The Morgan fingerprint density at radius 2 is 2.10 bits per heavy atom. The summed E-state index contributed by atoms with van der Waals surface area (Å²) >= 11 is 0. The molecular weight excluding hydrogens is 262 g/mol. The van der Waals surface area contributed by atoms with Gasteiger partial charge in [-0.25, -0.2) is 0 Å². The van der Waals surface area contributed by atoms with E-state index in [4.69, 9.17) is 4.74 Å². The molecule has 1 aliphatic heterocycles. The molecule has 4 nitrogen and oxygen atoms in total. The van der Waals surface area contributed by atoms with E-state index in [0.29, 0.717) is 5.92 Å². The van der Waals surface area contributed by atoms with E-state index in [1.807, 2.05) is 23.1 Å². The van der Waals surface area contributed by atoms with Crippen LogP contribution in [-0.2, 0) is 17.8 Å². The van der Waals surface area contributed by atoms with Gasteiger partial charge in [-0.1, -0.05) is 24.3 Å². The topological polar surface area (TPSA) is 30.3 Å². The highest BCUT2D eigenvalue weighted by molar-refractivity contribution is 5.22. The molecule has 21 heavy (non-hydrogen) atoms. The molecule has 0 amide bonds. The van der Waals surface area contributed by atoms with Crippen LogP contribution >= 0.6 is 0 Å². The van der Waals surface area contributed by atoms with Crippen molar-refractivity contribution >= 4 is 0 Å². The van der Waals surface area contributed by atoms with Crippen LogP contribution in [0.2, 0.25) is 0 Å². The molecule has 3 rings (SSSR count). The second-order valence-electron chi connectivity index (χ2n) is 5.95. The molecule has 4 heteroatoms. The van der Waals surface area contributed by atoms with Gasteiger partial charge in [0, 0.05) is 32.1 Å². The fourth-order valence-corrected chi connectivity index (χ4v) is 2.88. The Bertz CT molecular complexity index is 530. The number of ether oxygens (including phenoxy) is 1. The van der Waals surface area contributed by atoms with E-state index >= 15 is 0 Å². The molecule has 1 aromatic heterocycles. The van der Waals surface area contributed by atoms with E-state index in [9.17, 15) is 0 Å². The fourth-order valence-electron chi connectivity index (χ4n) is 2.88. The van der Waals surface area contributed by atoms with Crippen LogP contribution < -0.4 is 0 Å². The van der Waals surface area contributed by atoms with Crippen LogP contribution in [0.4, 0.5) is 0 Å². The van der Waals surface area contributed by atoms with Crippen LogP contribution in [0.3, 0.4) is 0 Å². The quantitative estimate of drug-likeness (QED) is 0.816. The first-order valence-corrected chi connectivity index (χ1v) is 7.61. The van der Waals surface area contributed by atoms with Crippen LogP contribution in [0.25, 0.3) is 0 Å². The van der Waals surface area contributed by atoms with Gasteiger partial charge in [0.2, 0.25) is 0 Å². The molecule has 112 valence electrons. The molecule has 0 N–H and O–H groups in total. The molecule has 0 saturated carbocycles. The van der Waals surface area contributed by atoms with Crippen molar-refractivity contribution < 1.29 is 4.74 Å². The SMILES string of the molecule is CN(Cc1ccc(Cn2cccn2)cc1)C[C@@H]1CCOC1. The summed E-state index contributed by atoms with van der Waals surface area (Å²) in [5, 5.41) is 4.24. The van der Waals surface area contributed by atoms with E-state index in [0.717, 1.165) is 32.8 Å². The number of hydrogen-bond acceptors (Lipinski definition) is 3. The maximum atomic E-state index is 5.44. The monoisotopic (exact) mass is 285 g/mol. The van der Waals surface area contributed by atoms with Gasteiger partial charge in [0.05, 0.1) is 13.2 Å². The first kappa shape index (κ1) is 14.3. The molecule has 2 heterocycles. The first-order chi connectivity index (χ1) is 10.3. The average Bonchev–Trinajstić information content (AvgIpc) is 3.14. The summed E-state index contributed by atoms with van der Waals surface area (Å²) < 4.78 is 7.38. The Kier molecular flexibility index (Phi) is 4.68. The Hall–Kier alpha value is -1.65. The Morgan fingerprint density at radius 1 is 1.29 bits per heavy atom. The lowest BCUT2D eigenvalue weighted by molar-refractivity contribution is 0.173. The van der Waals surface area contributed by atoms with Gasteiger partial charge in [-0.15, -0.1) is 0 Å². The molecule has 1 atom stereocenters. The summed E-state index contributed by atoms with van der Waals surface area (Å²) in [6.45, 7) is 4.81. The largest absolute Gasteiger partial charge is 0.381 e. The third kappa shape index (κ3) is 4.16. The normalized spacial score (nSPS) is 18.5. The van der Waals surface area contributed by atoms with Gasteiger partial charge in [-0.2, -0.15) is 5.10 Å². The van der Waals surface area contributed by atoms with Crippen LogP contribution in [0.1, 0.15) is 17.5 Å². The lowest BCUT2D eigenvalue weighted by atomic mass is 10.1. The minimum Gasteiger partial charge on any atom is -0.381 e. The number of nitrogens with zero attached hydrogens (tertiary/aromatic N) is 3. The summed E-state index contributed by atoms with van der Waals surface area (Å²) in [7, 11) is 2.19. The van der Waals surface area contributed by atoms with Gasteiger partial charge < -0.3 is 9.64 Å². The van der Waals surface area contributed by atoms with Gasteiger partial charge >= 0.3 is 0 Å². The van der Waals surface area contributed by atoms with Crippen molar-refractivity contribution in [2.75, 3.05) is 26.8 Å². The second-order valence-corrected chi connectivity index (χ2v) is 5.95. The molecule has 0 bridgehead atoms. The minimum atomic E-state index is 0.703. The van der Waals surface area contributed by atoms with Crippen molar-refractivity contribution in [3.63, 3.8) is 0 Å². The van der Waals surface area contributed by atoms with E-state index in [2.05, 4.69) is 41.3 Å². The van der Waals surface area contributed by atoms with Gasteiger partial charge in [-0.05, 0) is 36.6 Å². The molecule has 1 fully saturated rings. The highest BCUT2D eigenvalue weighted by Gasteiger charge is 2.17. The molecule has 1 aliphatic rings. The predicted molar refractivity (Wildman–Crippen MR) is 83.0 cm³/mol. The summed E-state index contributed by atoms with van der Waals surface area (Å²) in [6, 6.07) is 10.8. The summed E-state index contributed by atoms with van der Waals surface area (Å²) in [5.41, 5.74) is 2.65. The van der Waals surface area contributed by atoms with E-state index in [1.54, 1.807) is 0 Å². The minimum absolute atomic E-state index is 0.703. The Labute approximate surface area is 126 Å². The molecular formula is C17H23N3O. The maximum Gasteiger partial charge on any atom is 0.0659 e. The molecule has 1 aromatic carbocycles. The molecule has 0 radical (unpaired) electrons.